The number of thiophene rings is 1. The van der Waals surface area contributed by atoms with Gasteiger partial charge in [-0.05, 0) is 104 Å². The first-order valence-electron chi connectivity index (χ1n) is 14.5. The molecule has 0 spiro atoms. The SMILES string of the molecule is CN(C)CCn1ccc2cccc(C(=O)N3CC(CN4CCC(c5ccc(F)cc5)CC4)C(c4ccsc4)C3)c21. The van der Waals surface area contributed by atoms with Crippen molar-refractivity contribution in [3.8, 4) is 0 Å². The number of amides is 1. The van der Waals surface area contributed by atoms with E-state index >= 15 is 0 Å². The van der Waals surface area contributed by atoms with E-state index < -0.39 is 0 Å². The molecule has 2 fully saturated rings. The summed E-state index contributed by atoms with van der Waals surface area (Å²) in [4.78, 5) is 21.0. The first-order chi connectivity index (χ1) is 19.5. The first-order valence-corrected chi connectivity index (χ1v) is 15.4. The minimum Gasteiger partial charge on any atom is -0.346 e. The Balaban J connectivity index is 1.17. The number of aromatic nitrogens is 1. The van der Waals surface area contributed by atoms with Crippen molar-refractivity contribution < 1.29 is 9.18 Å². The molecular formula is C33H39FN4OS. The predicted molar refractivity (Wildman–Crippen MR) is 162 cm³/mol. The molecule has 0 bridgehead atoms. The normalized spacial score (nSPS) is 20.6. The lowest BCUT2D eigenvalue weighted by atomic mass is 9.87. The number of likely N-dealkylation sites (N-methyl/N-ethyl adjacent to an activating group) is 1. The fraction of sp³-hybridized carbons (Fsp3) is 0.424. The number of carbonyl (C=O) groups excluding carboxylic acids is 1. The van der Waals surface area contributed by atoms with Gasteiger partial charge in [0.2, 0.25) is 0 Å². The van der Waals surface area contributed by atoms with Gasteiger partial charge in [0, 0.05) is 50.2 Å². The summed E-state index contributed by atoms with van der Waals surface area (Å²) in [6.07, 6.45) is 4.30. The average molecular weight is 559 g/mol. The second kappa shape index (κ2) is 11.9. The first kappa shape index (κ1) is 27.2. The molecule has 0 saturated carbocycles. The summed E-state index contributed by atoms with van der Waals surface area (Å²) in [5.41, 5.74) is 4.47. The molecule has 0 radical (unpaired) electrons. The van der Waals surface area contributed by atoms with Crippen LogP contribution in [0.3, 0.4) is 0 Å². The molecule has 0 N–H and O–H groups in total. The fourth-order valence-electron chi connectivity index (χ4n) is 6.70. The van der Waals surface area contributed by atoms with E-state index in [1.54, 1.807) is 23.5 Å². The lowest BCUT2D eigenvalue weighted by Crippen LogP contribution is -2.38. The number of piperidine rings is 1. The third-order valence-corrected chi connectivity index (χ3v) is 9.63. The van der Waals surface area contributed by atoms with E-state index in [-0.39, 0.29) is 11.7 Å². The largest absolute Gasteiger partial charge is 0.346 e. The van der Waals surface area contributed by atoms with Crippen molar-refractivity contribution in [3.05, 3.63) is 94.1 Å². The predicted octanol–water partition coefficient (Wildman–Crippen LogP) is 6.14. The van der Waals surface area contributed by atoms with Crippen molar-refractivity contribution in [2.45, 2.75) is 31.2 Å². The van der Waals surface area contributed by atoms with Crippen LogP contribution in [-0.2, 0) is 6.54 Å². The van der Waals surface area contributed by atoms with Crippen molar-refractivity contribution in [1.29, 1.82) is 0 Å². The minimum absolute atomic E-state index is 0.146. The highest BCUT2D eigenvalue weighted by atomic mass is 32.1. The lowest BCUT2D eigenvalue weighted by Gasteiger charge is -2.34. The summed E-state index contributed by atoms with van der Waals surface area (Å²) in [5, 5.41) is 5.54. The third-order valence-electron chi connectivity index (χ3n) is 8.93. The van der Waals surface area contributed by atoms with Gasteiger partial charge in [-0.2, -0.15) is 11.3 Å². The number of hydrogen-bond donors (Lipinski definition) is 0. The zero-order valence-electron chi connectivity index (χ0n) is 23.5. The monoisotopic (exact) mass is 558 g/mol. The molecule has 210 valence electrons. The van der Waals surface area contributed by atoms with Crippen LogP contribution < -0.4 is 0 Å². The molecule has 0 aliphatic carbocycles. The Labute approximate surface area is 240 Å². The summed E-state index contributed by atoms with van der Waals surface area (Å²) < 4.78 is 15.6. The number of hydrogen-bond acceptors (Lipinski definition) is 4. The van der Waals surface area contributed by atoms with Gasteiger partial charge in [-0.3, -0.25) is 4.79 Å². The second-order valence-corrected chi connectivity index (χ2v) is 12.6. The highest BCUT2D eigenvalue weighted by molar-refractivity contribution is 7.08. The van der Waals surface area contributed by atoms with Crippen LogP contribution in [0.5, 0.6) is 0 Å². The Bertz CT molecular complexity index is 1420. The molecule has 2 saturated heterocycles. The van der Waals surface area contributed by atoms with Gasteiger partial charge in [0.25, 0.3) is 5.91 Å². The average Bonchev–Trinajstić information content (AvgIpc) is 3.72. The highest BCUT2D eigenvalue weighted by Crippen LogP contribution is 2.37. The molecule has 2 aliphatic heterocycles. The Hall–Kier alpha value is -3.00. The quantitative estimate of drug-likeness (QED) is 0.260. The molecule has 4 heterocycles. The molecule has 2 aromatic heterocycles. The van der Waals surface area contributed by atoms with Crippen molar-refractivity contribution >= 4 is 28.1 Å². The van der Waals surface area contributed by atoms with Gasteiger partial charge in [0.1, 0.15) is 5.82 Å². The Morgan fingerprint density at radius 2 is 1.80 bits per heavy atom. The fourth-order valence-corrected chi connectivity index (χ4v) is 7.42. The zero-order chi connectivity index (χ0) is 27.6. The number of nitrogens with zero attached hydrogens (tertiary/aromatic N) is 4. The standard InChI is InChI=1S/C33H39FN4OS/c1-35(2)17-18-37-16-12-26-4-3-5-30(32(26)37)33(39)38-21-28(31(22-38)27-13-19-40-23-27)20-36-14-10-25(11-15-36)24-6-8-29(34)9-7-24/h3-9,12-13,16,19,23,25,28,31H,10-11,14-15,17-18,20-22H2,1-2H3. The van der Waals surface area contributed by atoms with Gasteiger partial charge in [-0.15, -0.1) is 0 Å². The molecule has 5 nitrogen and oxygen atoms in total. The van der Waals surface area contributed by atoms with Crippen LogP contribution in [0.2, 0.25) is 0 Å². The summed E-state index contributed by atoms with van der Waals surface area (Å²) >= 11 is 1.74. The molecule has 6 rings (SSSR count). The molecule has 1 amide bonds. The Kier molecular flexibility index (Phi) is 8.05. The van der Waals surface area contributed by atoms with Crippen LogP contribution in [0.15, 0.2) is 71.6 Å². The maximum absolute atomic E-state index is 14.1. The summed E-state index contributed by atoms with van der Waals surface area (Å²) in [7, 11) is 4.16. The Morgan fingerprint density at radius 3 is 2.52 bits per heavy atom. The molecular weight excluding hydrogens is 519 g/mol. The van der Waals surface area contributed by atoms with Crippen LogP contribution in [0.25, 0.3) is 10.9 Å². The van der Waals surface area contributed by atoms with Gasteiger partial charge >= 0.3 is 0 Å². The number of carbonyl (C=O) groups is 1. The van der Waals surface area contributed by atoms with Crippen molar-refractivity contribution in [3.63, 3.8) is 0 Å². The molecule has 4 aromatic rings. The van der Waals surface area contributed by atoms with E-state index in [1.165, 1.54) is 11.1 Å². The molecule has 2 aromatic carbocycles. The van der Waals surface area contributed by atoms with E-state index in [1.807, 2.05) is 24.3 Å². The third kappa shape index (κ3) is 5.73. The van der Waals surface area contributed by atoms with Gasteiger partial charge in [0.05, 0.1) is 11.1 Å². The molecule has 7 heteroatoms. The van der Waals surface area contributed by atoms with Crippen molar-refractivity contribution in [1.82, 2.24) is 19.3 Å². The number of benzene rings is 2. The number of fused-ring (bicyclic) bond motifs is 1. The van der Waals surface area contributed by atoms with Crippen molar-refractivity contribution in [2.75, 3.05) is 53.4 Å². The minimum atomic E-state index is -0.168. The summed E-state index contributed by atoms with van der Waals surface area (Å²) in [5.74, 6) is 1.23. The maximum Gasteiger partial charge on any atom is 0.256 e. The van der Waals surface area contributed by atoms with Crippen LogP contribution >= 0.6 is 11.3 Å². The topological polar surface area (TPSA) is 31.7 Å². The number of rotatable bonds is 8. The van der Waals surface area contributed by atoms with Gasteiger partial charge in [0.15, 0.2) is 0 Å². The molecule has 40 heavy (non-hydrogen) atoms. The Morgan fingerprint density at radius 1 is 1.00 bits per heavy atom. The van der Waals surface area contributed by atoms with E-state index in [9.17, 15) is 9.18 Å². The van der Waals surface area contributed by atoms with Crippen LogP contribution in [0.1, 0.15) is 46.2 Å². The van der Waals surface area contributed by atoms with Gasteiger partial charge in [-0.1, -0.05) is 24.3 Å². The highest BCUT2D eigenvalue weighted by Gasteiger charge is 2.38. The van der Waals surface area contributed by atoms with Gasteiger partial charge < -0.3 is 19.3 Å². The van der Waals surface area contributed by atoms with E-state index in [0.717, 1.165) is 75.1 Å². The van der Waals surface area contributed by atoms with Crippen LogP contribution in [-0.4, -0.2) is 78.5 Å². The summed E-state index contributed by atoms with van der Waals surface area (Å²) in [6.45, 7) is 6.42. The van der Waals surface area contributed by atoms with Crippen LogP contribution in [0, 0.1) is 11.7 Å². The van der Waals surface area contributed by atoms with E-state index in [4.69, 9.17) is 0 Å². The second-order valence-electron chi connectivity index (χ2n) is 11.8. The van der Waals surface area contributed by atoms with Crippen LogP contribution in [0.4, 0.5) is 4.39 Å². The smallest absolute Gasteiger partial charge is 0.256 e. The van der Waals surface area contributed by atoms with E-state index in [0.29, 0.717) is 17.8 Å². The molecule has 2 atom stereocenters. The maximum atomic E-state index is 14.1. The van der Waals surface area contributed by atoms with Crippen molar-refractivity contribution in [2.24, 2.45) is 5.92 Å². The number of likely N-dealkylation sites (tertiary alicyclic amines) is 2. The number of para-hydroxylation sites is 1. The van der Waals surface area contributed by atoms with Gasteiger partial charge in [-0.25, -0.2) is 4.39 Å². The summed E-state index contributed by atoms with van der Waals surface area (Å²) in [6, 6.07) is 17.5. The molecule has 2 aliphatic rings. The zero-order valence-corrected chi connectivity index (χ0v) is 24.3. The molecule has 2 unspecified atom stereocenters. The lowest BCUT2D eigenvalue weighted by molar-refractivity contribution is 0.0783. The van der Waals surface area contributed by atoms with E-state index in [2.05, 4.69) is 68.5 Å². The number of halogens is 1.